The van der Waals surface area contributed by atoms with E-state index in [1.54, 1.807) is 0 Å². The van der Waals surface area contributed by atoms with Crippen molar-refractivity contribution in [3.8, 4) is 0 Å². The molecular weight excluding hydrogens is 112 g/mol. The third-order valence-corrected chi connectivity index (χ3v) is 0.0962. The fourth-order valence-corrected chi connectivity index (χ4v) is 0. The number of hydrogen-bond donors (Lipinski definition) is 1. The molecule has 0 aliphatic carbocycles. The minimum atomic E-state index is 0. The fraction of sp³-hybridized carbons (Fsp3) is 0.500. The molecule has 0 aromatic heterocycles. The first kappa shape index (κ1) is 15.8. The van der Waals surface area contributed by atoms with Crippen LogP contribution in [0.3, 0.4) is 0 Å². The minimum Gasteiger partial charge on any atom is -1.00 e. The van der Waals surface area contributed by atoms with E-state index in [1.807, 2.05) is 0 Å². The number of aldehydes is 1. The topological polar surface area (TPSA) is 43.1 Å². The predicted octanol–water partition coefficient (Wildman–Crippen LogP) is -6.85. The van der Waals surface area contributed by atoms with Crippen LogP contribution >= 0.6 is 0 Å². The first-order chi connectivity index (χ1) is 1.91. The van der Waals surface area contributed by atoms with E-state index in [-0.39, 0.29) is 48.5 Å². The largest absolute Gasteiger partial charge is 1.00 e. The molecule has 0 heterocycles. The summed E-state index contributed by atoms with van der Waals surface area (Å²) in [6.07, 6.45) is 0.653. The van der Waals surface area contributed by atoms with Gasteiger partial charge in [0.1, 0.15) is 6.29 Å². The predicted molar refractivity (Wildman–Crippen MR) is 15.1 cm³/mol. The molecule has 0 atom stereocenters. The van der Waals surface area contributed by atoms with Crippen molar-refractivity contribution in [2.75, 3.05) is 6.54 Å². The number of halogens is 1. The Balaban J connectivity index is -0.0000000450. The molecule has 2 N–H and O–H groups in total. The molecule has 0 aromatic rings. The second kappa shape index (κ2) is 16.8. The maximum absolute atomic E-state index is 9.05. The molecule has 0 fully saturated rings. The molecule has 0 amide bonds. The maximum Gasteiger partial charge on any atom is 1.00 e. The van der Waals surface area contributed by atoms with Gasteiger partial charge in [0.15, 0.2) is 0 Å². The van der Waals surface area contributed by atoms with Crippen LogP contribution < -0.4 is 47.7 Å². The van der Waals surface area contributed by atoms with Crippen LogP contribution in [0.15, 0.2) is 0 Å². The summed E-state index contributed by atoms with van der Waals surface area (Å²) in [4.78, 5) is 9.05. The molecular formula is C2H5ClNNaO. The molecule has 0 spiro atoms. The van der Waals surface area contributed by atoms with Crippen LogP contribution in [-0.4, -0.2) is 12.8 Å². The summed E-state index contributed by atoms with van der Waals surface area (Å²) in [5, 5.41) is 0. The molecule has 0 saturated carbocycles. The molecule has 0 rings (SSSR count). The van der Waals surface area contributed by atoms with E-state index in [9.17, 15) is 0 Å². The monoisotopic (exact) mass is 117 g/mol. The van der Waals surface area contributed by atoms with Gasteiger partial charge < -0.3 is 22.9 Å². The van der Waals surface area contributed by atoms with E-state index in [4.69, 9.17) is 4.79 Å². The normalized spacial score (nSPS) is 4.17. The van der Waals surface area contributed by atoms with Crippen molar-refractivity contribution in [3.63, 3.8) is 0 Å². The van der Waals surface area contributed by atoms with Crippen LogP contribution in [0.2, 0.25) is 0 Å². The zero-order valence-electron chi connectivity index (χ0n) is 3.65. The van der Waals surface area contributed by atoms with Gasteiger partial charge in [-0.15, -0.1) is 0 Å². The van der Waals surface area contributed by atoms with Crippen LogP contribution in [0.5, 0.6) is 0 Å². The van der Waals surface area contributed by atoms with Gasteiger partial charge in [0.2, 0.25) is 0 Å². The quantitative estimate of drug-likeness (QED) is 0.274. The maximum atomic E-state index is 9.05. The van der Waals surface area contributed by atoms with E-state index in [1.165, 1.54) is 0 Å². The van der Waals surface area contributed by atoms with Crippen LogP contribution in [0, 0.1) is 0 Å². The SMILES string of the molecule is NCC=O.[Cl-].[Na+]. The van der Waals surface area contributed by atoms with Crippen molar-refractivity contribution in [2.24, 2.45) is 5.73 Å². The summed E-state index contributed by atoms with van der Waals surface area (Å²) in [5.41, 5.74) is 4.66. The molecule has 2 nitrogen and oxygen atoms in total. The summed E-state index contributed by atoms with van der Waals surface area (Å²) in [6.45, 7) is 0.139. The summed E-state index contributed by atoms with van der Waals surface area (Å²) in [6, 6.07) is 0. The Morgan fingerprint density at radius 1 is 1.67 bits per heavy atom. The van der Waals surface area contributed by atoms with E-state index < -0.39 is 0 Å². The smallest absolute Gasteiger partial charge is 1.00 e. The van der Waals surface area contributed by atoms with Gasteiger partial charge in [0.25, 0.3) is 0 Å². The van der Waals surface area contributed by atoms with Gasteiger partial charge in [0, 0.05) is 6.54 Å². The van der Waals surface area contributed by atoms with Gasteiger partial charge in [-0.1, -0.05) is 0 Å². The molecule has 0 unspecified atom stereocenters. The Kier molecular flexibility index (Phi) is 44.2. The number of nitrogens with two attached hydrogens (primary N) is 1. The van der Waals surface area contributed by atoms with Crippen molar-refractivity contribution in [1.82, 2.24) is 0 Å². The molecule has 4 heteroatoms. The van der Waals surface area contributed by atoms with Crippen LogP contribution in [-0.2, 0) is 4.79 Å². The van der Waals surface area contributed by atoms with Crippen molar-refractivity contribution < 1.29 is 46.8 Å². The molecule has 0 bridgehead atoms. The minimum absolute atomic E-state index is 0. The molecule has 0 radical (unpaired) electrons. The Morgan fingerprint density at radius 2 is 1.83 bits per heavy atom. The second-order valence-electron chi connectivity index (χ2n) is 0.402. The molecule has 0 saturated heterocycles. The molecule has 0 aliphatic rings. The first-order valence-corrected chi connectivity index (χ1v) is 1.05. The summed E-state index contributed by atoms with van der Waals surface area (Å²) in [7, 11) is 0. The summed E-state index contributed by atoms with van der Waals surface area (Å²) in [5.74, 6) is 0. The zero-order valence-corrected chi connectivity index (χ0v) is 6.40. The fourth-order valence-electron chi connectivity index (χ4n) is 0. The van der Waals surface area contributed by atoms with Crippen LogP contribution in [0.1, 0.15) is 0 Å². The van der Waals surface area contributed by atoms with Gasteiger partial charge in [-0.05, 0) is 0 Å². The van der Waals surface area contributed by atoms with Crippen LogP contribution in [0.25, 0.3) is 0 Å². The van der Waals surface area contributed by atoms with Crippen molar-refractivity contribution in [3.05, 3.63) is 0 Å². The number of carbonyl (C=O) groups is 1. The summed E-state index contributed by atoms with van der Waals surface area (Å²) >= 11 is 0. The standard InChI is InChI=1S/C2H5NO.ClH.Na/c3-1-2-4;;/h2H,1,3H2;1H;/q;;+1/p-1. The van der Waals surface area contributed by atoms with Crippen molar-refractivity contribution >= 4 is 6.29 Å². The third kappa shape index (κ3) is 20.5. The van der Waals surface area contributed by atoms with E-state index >= 15 is 0 Å². The molecule has 6 heavy (non-hydrogen) atoms. The Labute approximate surface area is 65.2 Å². The molecule has 0 aliphatic heterocycles. The number of hydrogen-bond acceptors (Lipinski definition) is 2. The van der Waals surface area contributed by atoms with Crippen LogP contribution in [0.4, 0.5) is 0 Å². The van der Waals surface area contributed by atoms with E-state index in [0.29, 0.717) is 6.29 Å². The van der Waals surface area contributed by atoms with Gasteiger partial charge in [-0.3, -0.25) is 0 Å². The Morgan fingerprint density at radius 3 is 1.83 bits per heavy atom. The Bertz CT molecular complexity index is 27.5. The average Bonchev–Trinajstić information content (AvgIpc) is 1.37. The molecule has 32 valence electrons. The number of carbonyl (C=O) groups excluding carboxylic acids is 1. The third-order valence-electron chi connectivity index (χ3n) is 0.0962. The second-order valence-corrected chi connectivity index (χ2v) is 0.402. The zero-order chi connectivity index (χ0) is 3.41. The van der Waals surface area contributed by atoms with E-state index in [2.05, 4.69) is 5.73 Å². The molecule has 0 aromatic carbocycles. The summed E-state index contributed by atoms with van der Waals surface area (Å²) < 4.78 is 0. The van der Waals surface area contributed by atoms with E-state index in [0.717, 1.165) is 0 Å². The van der Waals surface area contributed by atoms with Gasteiger partial charge in [-0.2, -0.15) is 0 Å². The number of rotatable bonds is 1. The van der Waals surface area contributed by atoms with Crippen molar-refractivity contribution in [1.29, 1.82) is 0 Å². The van der Waals surface area contributed by atoms with Gasteiger partial charge in [-0.25, -0.2) is 0 Å². The average molecular weight is 118 g/mol. The van der Waals surface area contributed by atoms with Gasteiger partial charge in [0.05, 0.1) is 0 Å². The van der Waals surface area contributed by atoms with Gasteiger partial charge >= 0.3 is 29.6 Å². The van der Waals surface area contributed by atoms with Crippen molar-refractivity contribution in [2.45, 2.75) is 0 Å². The first-order valence-electron chi connectivity index (χ1n) is 1.05. The Hall–Kier alpha value is 0.920.